The summed E-state index contributed by atoms with van der Waals surface area (Å²) >= 11 is 0. The molecule has 0 aliphatic carbocycles. The monoisotopic (exact) mass is 195 g/mol. The van der Waals surface area contributed by atoms with Crippen molar-refractivity contribution in [1.82, 2.24) is 0 Å². The summed E-state index contributed by atoms with van der Waals surface area (Å²) in [6, 6.07) is 6.32. The summed E-state index contributed by atoms with van der Waals surface area (Å²) in [6.45, 7) is 2.48. The topological polar surface area (TPSA) is 35.2 Å². The molecule has 0 saturated carbocycles. The van der Waals surface area contributed by atoms with Gasteiger partial charge < -0.3 is 4.84 Å². The molecule has 0 bridgehead atoms. The highest BCUT2D eigenvalue weighted by Gasteiger charge is 1.95. The summed E-state index contributed by atoms with van der Waals surface area (Å²) in [7, 11) is 0. The predicted molar refractivity (Wildman–Crippen MR) is 54.7 cm³/mol. The summed E-state index contributed by atoms with van der Waals surface area (Å²) in [5, 5.41) is 0. The lowest BCUT2D eigenvalue weighted by Crippen LogP contribution is -2.07. The summed E-state index contributed by atoms with van der Waals surface area (Å²) in [5.74, 6) is 4.97. The van der Waals surface area contributed by atoms with Crippen LogP contribution in [0.4, 0.5) is 4.39 Å². The van der Waals surface area contributed by atoms with Crippen LogP contribution in [0.25, 0.3) is 6.08 Å². The van der Waals surface area contributed by atoms with Gasteiger partial charge in [0.05, 0.1) is 6.61 Å². The summed E-state index contributed by atoms with van der Waals surface area (Å²) < 4.78 is 12.5. The molecule has 2 nitrogen and oxygen atoms in total. The van der Waals surface area contributed by atoms with Crippen LogP contribution in [-0.2, 0) is 4.84 Å². The van der Waals surface area contributed by atoms with Crippen molar-refractivity contribution in [2.24, 2.45) is 11.8 Å². The molecule has 0 aromatic heterocycles. The fourth-order valence-corrected chi connectivity index (χ4v) is 1.06. The highest BCUT2D eigenvalue weighted by Crippen LogP contribution is 2.07. The summed E-state index contributed by atoms with van der Waals surface area (Å²) in [5.41, 5.74) is 0.968. The van der Waals surface area contributed by atoms with Crippen LogP contribution in [0.3, 0.4) is 0 Å². The quantitative estimate of drug-likeness (QED) is 0.748. The van der Waals surface area contributed by atoms with Crippen molar-refractivity contribution in [2.75, 3.05) is 6.61 Å². The van der Waals surface area contributed by atoms with Gasteiger partial charge in [0.25, 0.3) is 0 Å². The van der Waals surface area contributed by atoms with E-state index in [1.54, 1.807) is 12.1 Å². The first kappa shape index (κ1) is 10.9. The fraction of sp³-hybridized carbons (Fsp3) is 0.273. The molecule has 2 N–H and O–H groups in total. The average Bonchev–Trinajstić information content (AvgIpc) is 2.17. The molecule has 1 unspecified atom stereocenters. The molecule has 0 aliphatic heterocycles. The number of hydrogen-bond acceptors (Lipinski definition) is 2. The molecule has 0 saturated heterocycles. The van der Waals surface area contributed by atoms with Gasteiger partial charge in [-0.3, -0.25) is 0 Å². The van der Waals surface area contributed by atoms with Gasteiger partial charge in [-0.2, -0.15) is 0 Å². The normalized spacial score (nSPS) is 13.4. The molecular weight excluding hydrogens is 181 g/mol. The third-order valence-electron chi connectivity index (χ3n) is 1.85. The first-order chi connectivity index (χ1) is 6.72. The molecule has 76 valence electrons. The Morgan fingerprint density at radius 2 is 2.07 bits per heavy atom. The number of nitrogens with two attached hydrogens (primary N) is 1. The number of rotatable bonds is 4. The minimum Gasteiger partial charge on any atom is -0.304 e. The molecule has 14 heavy (non-hydrogen) atoms. The predicted octanol–water partition coefficient (Wildman–Crippen LogP) is 2.37. The van der Waals surface area contributed by atoms with Gasteiger partial charge in [0.15, 0.2) is 0 Å². The largest absolute Gasteiger partial charge is 0.304 e. The molecule has 0 aliphatic rings. The van der Waals surface area contributed by atoms with Gasteiger partial charge >= 0.3 is 0 Å². The SMILES string of the molecule is CC(/C=C/c1ccc(F)cc1)CON. The van der Waals surface area contributed by atoms with Crippen LogP contribution in [0.15, 0.2) is 30.3 Å². The van der Waals surface area contributed by atoms with Gasteiger partial charge in [0.2, 0.25) is 0 Å². The van der Waals surface area contributed by atoms with E-state index in [2.05, 4.69) is 4.84 Å². The third kappa shape index (κ3) is 3.68. The minimum absolute atomic E-state index is 0.222. The zero-order valence-electron chi connectivity index (χ0n) is 8.11. The van der Waals surface area contributed by atoms with Crippen LogP contribution >= 0.6 is 0 Å². The molecule has 1 aromatic rings. The van der Waals surface area contributed by atoms with Crippen molar-refractivity contribution in [2.45, 2.75) is 6.92 Å². The first-order valence-electron chi connectivity index (χ1n) is 4.48. The van der Waals surface area contributed by atoms with Gasteiger partial charge in [-0.25, -0.2) is 10.3 Å². The zero-order chi connectivity index (χ0) is 10.4. The van der Waals surface area contributed by atoms with Crippen LogP contribution < -0.4 is 5.90 Å². The second-order valence-corrected chi connectivity index (χ2v) is 3.22. The highest BCUT2D eigenvalue weighted by molar-refractivity contribution is 5.49. The molecule has 0 fully saturated rings. The Morgan fingerprint density at radius 1 is 1.43 bits per heavy atom. The lowest BCUT2D eigenvalue weighted by atomic mass is 10.1. The van der Waals surface area contributed by atoms with E-state index >= 15 is 0 Å². The molecule has 1 aromatic carbocycles. The number of benzene rings is 1. The summed E-state index contributed by atoms with van der Waals surface area (Å²) in [4.78, 5) is 4.50. The highest BCUT2D eigenvalue weighted by atomic mass is 19.1. The van der Waals surface area contributed by atoms with E-state index in [4.69, 9.17) is 5.90 Å². The molecule has 0 amide bonds. The van der Waals surface area contributed by atoms with Crippen molar-refractivity contribution in [1.29, 1.82) is 0 Å². The van der Waals surface area contributed by atoms with E-state index in [0.717, 1.165) is 5.56 Å². The maximum Gasteiger partial charge on any atom is 0.123 e. The van der Waals surface area contributed by atoms with Crippen LogP contribution in [0.2, 0.25) is 0 Å². The maximum atomic E-state index is 12.5. The van der Waals surface area contributed by atoms with Crippen molar-refractivity contribution in [3.05, 3.63) is 41.7 Å². The molecule has 0 radical (unpaired) electrons. The Morgan fingerprint density at radius 3 is 2.64 bits per heavy atom. The van der Waals surface area contributed by atoms with Gasteiger partial charge in [0.1, 0.15) is 5.82 Å². The Kier molecular flexibility index (Phi) is 4.29. The Hall–Kier alpha value is -1.19. The molecule has 1 rings (SSSR count). The Balaban J connectivity index is 2.55. The van der Waals surface area contributed by atoms with Crippen molar-refractivity contribution in [3.63, 3.8) is 0 Å². The third-order valence-corrected chi connectivity index (χ3v) is 1.85. The van der Waals surface area contributed by atoms with E-state index < -0.39 is 0 Å². The molecule has 0 heterocycles. The second kappa shape index (κ2) is 5.52. The minimum atomic E-state index is -0.222. The standard InChI is InChI=1S/C11H14FNO/c1-9(8-14-13)2-3-10-4-6-11(12)7-5-10/h2-7,9H,8,13H2,1H3/b3-2+. The second-order valence-electron chi connectivity index (χ2n) is 3.22. The fourth-order valence-electron chi connectivity index (χ4n) is 1.06. The van der Waals surface area contributed by atoms with E-state index in [-0.39, 0.29) is 11.7 Å². The average molecular weight is 195 g/mol. The Bertz CT molecular complexity index is 295. The van der Waals surface area contributed by atoms with E-state index in [1.807, 2.05) is 19.1 Å². The van der Waals surface area contributed by atoms with Gasteiger partial charge in [-0.1, -0.05) is 31.2 Å². The van der Waals surface area contributed by atoms with Crippen molar-refractivity contribution < 1.29 is 9.23 Å². The number of halogens is 1. The molecule has 3 heteroatoms. The van der Waals surface area contributed by atoms with Crippen molar-refractivity contribution in [3.8, 4) is 0 Å². The molecule has 0 spiro atoms. The zero-order valence-corrected chi connectivity index (χ0v) is 8.11. The van der Waals surface area contributed by atoms with Crippen LogP contribution in [-0.4, -0.2) is 6.61 Å². The van der Waals surface area contributed by atoms with E-state index in [1.165, 1.54) is 12.1 Å². The number of hydrogen-bond donors (Lipinski definition) is 1. The maximum absolute atomic E-state index is 12.5. The first-order valence-corrected chi connectivity index (χ1v) is 4.48. The van der Waals surface area contributed by atoms with E-state index in [9.17, 15) is 4.39 Å². The van der Waals surface area contributed by atoms with Gasteiger partial charge in [-0.05, 0) is 23.6 Å². The van der Waals surface area contributed by atoms with Crippen LogP contribution in [0.1, 0.15) is 12.5 Å². The van der Waals surface area contributed by atoms with Gasteiger partial charge in [0, 0.05) is 0 Å². The smallest absolute Gasteiger partial charge is 0.123 e. The lowest BCUT2D eigenvalue weighted by Gasteiger charge is -2.02. The van der Waals surface area contributed by atoms with Crippen LogP contribution in [0.5, 0.6) is 0 Å². The summed E-state index contributed by atoms with van der Waals surface area (Å²) in [6.07, 6.45) is 3.89. The van der Waals surface area contributed by atoms with E-state index in [0.29, 0.717) is 6.61 Å². The van der Waals surface area contributed by atoms with Crippen molar-refractivity contribution >= 4 is 6.08 Å². The molecular formula is C11H14FNO. The van der Waals surface area contributed by atoms with Crippen LogP contribution in [0, 0.1) is 11.7 Å². The lowest BCUT2D eigenvalue weighted by molar-refractivity contribution is 0.120. The Labute approximate surface area is 83.1 Å². The van der Waals surface area contributed by atoms with Gasteiger partial charge in [-0.15, -0.1) is 0 Å². The molecule has 1 atom stereocenters.